The summed E-state index contributed by atoms with van der Waals surface area (Å²) in [4.78, 5) is 11.3. The van der Waals surface area contributed by atoms with Crippen molar-refractivity contribution in [2.45, 2.75) is 136 Å². The van der Waals surface area contributed by atoms with Gasteiger partial charge >= 0.3 is 5.97 Å². The molecule has 13 atom stereocenters. The van der Waals surface area contributed by atoms with Crippen molar-refractivity contribution in [3.05, 3.63) is 0 Å². The van der Waals surface area contributed by atoms with Crippen LogP contribution in [0.2, 0.25) is 0 Å². The molecule has 46 heavy (non-hydrogen) atoms. The Hall–Kier alpha value is -0.810. The van der Waals surface area contributed by atoms with Crippen molar-refractivity contribution in [3.8, 4) is 0 Å². The highest BCUT2D eigenvalue weighted by atomic mass is 16.4. The van der Waals surface area contributed by atoms with E-state index in [1.807, 2.05) is 0 Å². The molecule has 4 rings (SSSR count). The van der Waals surface area contributed by atoms with Crippen LogP contribution in [0.5, 0.6) is 0 Å². The van der Waals surface area contributed by atoms with E-state index in [-0.39, 0.29) is 28.8 Å². The van der Waals surface area contributed by atoms with Crippen LogP contribution >= 0.6 is 0 Å². The van der Waals surface area contributed by atoms with Crippen LogP contribution in [-0.2, 0) is 4.79 Å². The number of rotatable bonds is 19. The monoisotopic (exact) mass is 651 g/mol. The van der Waals surface area contributed by atoms with Crippen LogP contribution < -0.4 is 21.7 Å². The second kappa shape index (κ2) is 17.2. The quantitative estimate of drug-likeness (QED) is 0.0975. The lowest BCUT2D eigenvalue weighted by Crippen LogP contribution is -2.62. The van der Waals surface area contributed by atoms with Gasteiger partial charge in [0.05, 0.1) is 24.2 Å². The van der Waals surface area contributed by atoms with Gasteiger partial charge in [-0.3, -0.25) is 4.79 Å². The van der Waals surface area contributed by atoms with E-state index >= 15 is 0 Å². The van der Waals surface area contributed by atoms with Crippen LogP contribution in [0.4, 0.5) is 0 Å². The SMILES string of the molecule is CC(C(=O)O)C(O)CC[C@@H](C)[C@H]1CCC2C3C(CC(O)[C@@]21C)[C@@]1(C)CC[C@H](NCCCNCCCCNCCCN)C[C@@H]1C[C@H]3O. The third-order valence-electron chi connectivity index (χ3n) is 13.9. The van der Waals surface area contributed by atoms with E-state index in [0.29, 0.717) is 36.1 Å². The van der Waals surface area contributed by atoms with E-state index in [1.54, 1.807) is 6.92 Å². The smallest absolute Gasteiger partial charge is 0.308 e. The molecule has 0 saturated heterocycles. The second-order valence-corrected chi connectivity index (χ2v) is 16.5. The molecule has 0 bridgehead atoms. The first-order valence-electron chi connectivity index (χ1n) is 19.1. The molecule has 0 amide bonds. The molecule has 4 saturated carbocycles. The fourth-order valence-electron chi connectivity index (χ4n) is 10.9. The summed E-state index contributed by atoms with van der Waals surface area (Å²) in [6.07, 6.45) is 11.4. The molecule has 0 aromatic carbocycles. The van der Waals surface area contributed by atoms with Crippen LogP contribution in [0.3, 0.4) is 0 Å². The molecule has 6 unspecified atom stereocenters. The van der Waals surface area contributed by atoms with Gasteiger partial charge in [0, 0.05) is 6.04 Å². The minimum atomic E-state index is -0.956. The van der Waals surface area contributed by atoms with E-state index in [0.717, 1.165) is 97.1 Å². The highest BCUT2D eigenvalue weighted by Gasteiger charge is 2.65. The summed E-state index contributed by atoms with van der Waals surface area (Å²) >= 11 is 0. The Balaban J connectivity index is 1.24. The number of carboxylic acid groups (broad SMARTS) is 1. The van der Waals surface area contributed by atoms with Crippen molar-refractivity contribution in [3.63, 3.8) is 0 Å². The molecule has 4 aliphatic rings. The number of aliphatic hydroxyl groups excluding tert-OH is 3. The molecule has 268 valence electrons. The molecule has 0 spiro atoms. The fourth-order valence-corrected chi connectivity index (χ4v) is 10.9. The first kappa shape index (κ1) is 38.0. The van der Waals surface area contributed by atoms with Crippen LogP contribution in [0, 0.1) is 52.3 Å². The number of carboxylic acids is 1. The summed E-state index contributed by atoms with van der Waals surface area (Å²) in [6.45, 7) is 14.5. The van der Waals surface area contributed by atoms with Crippen molar-refractivity contribution < 1.29 is 25.2 Å². The van der Waals surface area contributed by atoms with E-state index < -0.39 is 24.1 Å². The summed E-state index contributed by atoms with van der Waals surface area (Å²) < 4.78 is 0. The Kier molecular flexibility index (Phi) is 14.2. The average molecular weight is 651 g/mol. The van der Waals surface area contributed by atoms with Crippen molar-refractivity contribution >= 4 is 5.97 Å². The van der Waals surface area contributed by atoms with Gasteiger partial charge in [0.1, 0.15) is 0 Å². The first-order chi connectivity index (χ1) is 21.9. The number of carbonyl (C=O) groups is 1. The standard InChI is InChI=1S/C37H70N4O5/c1-24(9-12-31(42)25(2)35(45)46)28-10-11-29-34-30(23-33(44)37(28,29)4)36(3)14-13-27(21-26(36)22-32(34)43)41-20-8-19-40-17-6-5-16-39-18-7-15-38/h24-34,39-44H,5-23,38H2,1-4H3,(H,45,46)/t24-,25?,26-,27+,28-,29?,30?,31?,32-,33?,34?,36+,37-/m1/s1. The summed E-state index contributed by atoms with van der Waals surface area (Å²) in [5.41, 5.74) is 5.44. The lowest BCUT2D eigenvalue weighted by Gasteiger charge is -2.63. The Morgan fingerprint density at radius 2 is 1.54 bits per heavy atom. The summed E-state index contributed by atoms with van der Waals surface area (Å²) in [6, 6.07) is 0.510. The highest BCUT2D eigenvalue weighted by molar-refractivity contribution is 5.70. The zero-order valence-electron chi connectivity index (χ0n) is 29.6. The Labute approximate surface area is 279 Å². The largest absolute Gasteiger partial charge is 0.481 e. The Bertz CT molecular complexity index is 941. The molecule has 0 aliphatic heterocycles. The molecule has 0 heterocycles. The van der Waals surface area contributed by atoms with E-state index in [4.69, 9.17) is 5.73 Å². The molecule has 0 radical (unpaired) electrons. The van der Waals surface area contributed by atoms with Gasteiger partial charge < -0.3 is 42.1 Å². The number of aliphatic carboxylic acids is 1. The van der Waals surface area contributed by atoms with Gasteiger partial charge in [-0.05, 0) is 176 Å². The fraction of sp³-hybridized carbons (Fsp3) is 0.973. The summed E-state index contributed by atoms with van der Waals surface area (Å²) in [5, 5.41) is 54.3. The summed E-state index contributed by atoms with van der Waals surface area (Å²) in [7, 11) is 0. The number of aliphatic hydroxyl groups is 3. The van der Waals surface area contributed by atoms with Gasteiger partial charge in [0.25, 0.3) is 0 Å². The van der Waals surface area contributed by atoms with Gasteiger partial charge in [-0.15, -0.1) is 0 Å². The third-order valence-corrected chi connectivity index (χ3v) is 13.9. The molecule has 0 aromatic rings. The Morgan fingerprint density at radius 3 is 2.22 bits per heavy atom. The number of unbranched alkanes of at least 4 members (excludes halogenated alkanes) is 1. The molecule has 0 aromatic heterocycles. The molecule has 4 fully saturated rings. The highest BCUT2D eigenvalue weighted by Crippen LogP contribution is 2.68. The van der Waals surface area contributed by atoms with Crippen LogP contribution in [0.15, 0.2) is 0 Å². The zero-order chi connectivity index (χ0) is 33.5. The van der Waals surface area contributed by atoms with E-state index in [9.17, 15) is 25.2 Å². The first-order valence-corrected chi connectivity index (χ1v) is 19.1. The molecule has 9 heteroatoms. The van der Waals surface area contributed by atoms with Crippen molar-refractivity contribution in [1.82, 2.24) is 16.0 Å². The molecular formula is C37H70N4O5. The maximum atomic E-state index is 11.9. The number of nitrogens with two attached hydrogens (primary N) is 1. The topological polar surface area (TPSA) is 160 Å². The lowest BCUT2D eigenvalue weighted by molar-refractivity contribution is -0.202. The lowest BCUT2D eigenvalue weighted by atomic mass is 9.43. The van der Waals surface area contributed by atoms with Crippen molar-refractivity contribution in [2.24, 2.45) is 58.0 Å². The zero-order valence-corrected chi connectivity index (χ0v) is 29.6. The summed E-state index contributed by atoms with van der Waals surface area (Å²) in [5.74, 6) is 0.250. The molecule has 9 nitrogen and oxygen atoms in total. The molecule has 9 N–H and O–H groups in total. The van der Waals surface area contributed by atoms with E-state index in [1.165, 1.54) is 19.3 Å². The predicted octanol–water partition coefficient (Wildman–Crippen LogP) is 3.74. The number of nitrogens with one attached hydrogen (secondary N) is 3. The van der Waals surface area contributed by atoms with Gasteiger partial charge in [0.15, 0.2) is 0 Å². The minimum absolute atomic E-state index is 0.159. The minimum Gasteiger partial charge on any atom is -0.481 e. The normalized spacial score (nSPS) is 39.2. The van der Waals surface area contributed by atoms with Crippen LogP contribution in [0.25, 0.3) is 0 Å². The Morgan fingerprint density at radius 1 is 0.870 bits per heavy atom. The van der Waals surface area contributed by atoms with Crippen molar-refractivity contribution in [1.29, 1.82) is 0 Å². The third kappa shape index (κ3) is 8.48. The number of hydrogen-bond acceptors (Lipinski definition) is 8. The number of fused-ring (bicyclic) bond motifs is 5. The van der Waals surface area contributed by atoms with Gasteiger partial charge in [-0.1, -0.05) is 20.8 Å². The van der Waals surface area contributed by atoms with Crippen molar-refractivity contribution in [2.75, 3.05) is 39.3 Å². The maximum absolute atomic E-state index is 11.9. The van der Waals surface area contributed by atoms with E-state index in [2.05, 4.69) is 36.7 Å². The molecular weight excluding hydrogens is 580 g/mol. The van der Waals surface area contributed by atoms with Gasteiger partial charge in [-0.25, -0.2) is 0 Å². The average Bonchev–Trinajstić information content (AvgIpc) is 3.39. The van der Waals surface area contributed by atoms with Crippen LogP contribution in [0.1, 0.15) is 111 Å². The number of hydrogen-bond donors (Lipinski definition) is 8. The molecule has 4 aliphatic carbocycles. The van der Waals surface area contributed by atoms with Crippen LogP contribution in [-0.4, -0.2) is 90.0 Å². The second-order valence-electron chi connectivity index (χ2n) is 16.5. The predicted molar refractivity (Wildman–Crippen MR) is 184 cm³/mol. The maximum Gasteiger partial charge on any atom is 0.308 e. The van der Waals surface area contributed by atoms with Gasteiger partial charge in [-0.2, -0.15) is 0 Å². The van der Waals surface area contributed by atoms with Gasteiger partial charge in [0.2, 0.25) is 0 Å².